The summed E-state index contributed by atoms with van der Waals surface area (Å²) in [6, 6.07) is 9.14. The van der Waals surface area contributed by atoms with Crippen LogP contribution in [0, 0.1) is 0 Å². The minimum absolute atomic E-state index is 0.0385. The Labute approximate surface area is 180 Å². The summed E-state index contributed by atoms with van der Waals surface area (Å²) < 4.78 is 1.45. The first kappa shape index (κ1) is 20.7. The van der Waals surface area contributed by atoms with E-state index < -0.39 is 0 Å². The zero-order chi connectivity index (χ0) is 22.0. The van der Waals surface area contributed by atoms with E-state index in [1.165, 1.54) is 10.7 Å². The average Bonchev–Trinajstić information content (AvgIpc) is 2.78. The van der Waals surface area contributed by atoms with Crippen LogP contribution < -0.4 is 10.9 Å². The van der Waals surface area contributed by atoms with Gasteiger partial charge in [-0.25, -0.2) is 15.0 Å². The Bertz CT molecular complexity index is 1300. The summed E-state index contributed by atoms with van der Waals surface area (Å²) in [6.07, 6.45) is 8.15. The summed E-state index contributed by atoms with van der Waals surface area (Å²) in [4.78, 5) is 38.5. The van der Waals surface area contributed by atoms with Gasteiger partial charge in [-0.1, -0.05) is 19.9 Å². The lowest BCUT2D eigenvalue weighted by Gasteiger charge is -2.14. The largest absolute Gasteiger partial charge is 0.350 e. The van der Waals surface area contributed by atoms with Crippen LogP contribution in [0.25, 0.3) is 16.6 Å². The van der Waals surface area contributed by atoms with Crippen LogP contribution in [-0.2, 0) is 6.42 Å². The number of pyridine rings is 1. The molecule has 7 heteroatoms. The highest BCUT2D eigenvalue weighted by atomic mass is 16.2. The fourth-order valence-corrected chi connectivity index (χ4v) is 3.54. The molecule has 1 amide bonds. The monoisotopic (exact) mass is 415 g/mol. The lowest BCUT2D eigenvalue weighted by atomic mass is 10.0. The third-order valence-electron chi connectivity index (χ3n) is 5.42. The van der Waals surface area contributed by atoms with Gasteiger partial charge in [0.05, 0.1) is 16.5 Å². The van der Waals surface area contributed by atoms with E-state index in [1.54, 1.807) is 30.7 Å². The third kappa shape index (κ3) is 4.45. The molecule has 3 heterocycles. The zero-order valence-electron chi connectivity index (χ0n) is 17.9. The molecule has 1 unspecified atom stereocenters. The Morgan fingerprint density at radius 2 is 1.87 bits per heavy atom. The van der Waals surface area contributed by atoms with Crippen LogP contribution in [0.4, 0.5) is 0 Å². The van der Waals surface area contributed by atoms with Crippen molar-refractivity contribution in [1.82, 2.24) is 24.7 Å². The Hall–Kier alpha value is -3.61. The van der Waals surface area contributed by atoms with Gasteiger partial charge in [-0.05, 0) is 61.1 Å². The molecule has 0 saturated heterocycles. The molecule has 0 saturated carbocycles. The summed E-state index contributed by atoms with van der Waals surface area (Å²) in [5.41, 5.74) is 3.53. The number of benzene rings is 1. The number of hydrogen-bond acceptors (Lipinski definition) is 5. The minimum atomic E-state index is -0.221. The zero-order valence-corrected chi connectivity index (χ0v) is 17.9. The second kappa shape index (κ2) is 8.63. The van der Waals surface area contributed by atoms with E-state index in [1.807, 2.05) is 25.1 Å². The number of aryl methyl sites for hydroxylation is 1. The maximum atomic E-state index is 13.1. The van der Waals surface area contributed by atoms with Gasteiger partial charge in [0.15, 0.2) is 0 Å². The summed E-state index contributed by atoms with van der Waals surface area (Å²) >= 11 is 0. The van der Waals surface area contributed by atoms with Crippen LogP contribution in [0.2, 0.25) is 0 Å². The normalized spacial score (nSPS) is 12.4. The Kier molecular flexibility index (Phi) is 5.75. The van der Waals surface area contributed by atoms with Crippen LogP contribution in [0.15, 0.2) is 60.0 Å². The van der Waals surface area contributed by atoms with Gasteiger partial charge in [0.2, 0.25) is 0 Å². The first-order valence-corrected chi connectivity index (χ1v) is 10.4. The molecule has 7 nitrogen and oxygen atoms in total. The highest BCUT2D eigenvalue weighted by Crippen LogP contribution is 2.19. The van der Waals surface area contributed by atoms with Gasteiger partial charge in [-0.2, -0.15) is 0 Å². The van der Waals surface area contributed by atoms with Crippen molar-refractivity contribution in [3.63, 3.8) is 0 Å². The molecule has 31 heavy (non-hydrogen) atoms. The molecule has 0 aliphatic heterocycles. The molecule has 0 aliphatic rings. The summed E-state index contributed by atoms with van der Waals surface area (Å²) in [6.45, 7) is 6.13. The number of carbonyl (C=O) groups excluding carboxylic acids is 1. The van der Waals surface area contributed by atoms with Crippen LogP contribution in [-0.4, -0.2) is 31.3 Å². The predicted octanol–water partition coefficient (Wildman–Crippen LogP) is 3.51. The van der Waals surface area contributed by atoms with E-state index in [4.69, 9.17) is 0 Å². The van der Waals surface area contributed by atoms with Crippen molar-refractivity contribution in [3.05, 3.63) is 82.3 Å². The van der Waals surface area contributed by atoms with Gasteiger partial charge < -0.3 is 5.32 Å². The number of nitrogens with zero attached hydrogens (tertiary/aromatic N) is 4. The van der Waals surface area contributed by atoms with E-state index in [9.17, 15) is 9.59 Å². The quantitative estimate of drug-likeness (QED) is 0.487. The Morgan fingerprint density at radius 3 is 2.61 bits per heavy atom. The molecular weight excluding hydrogens is 390 g/mol. The molecule has 0 bridgehead atoms. The van der Waals surface area contributed by atoms with E-state index in [0.29, 0.717) is 28.0 Å². The first-order valence-electron chi connectivity index (χ1n) is 10.4. The van der Waals surface area contributed by atoms with Crippen molar-refractivity contribution in [3.8, 4) is 0 Å². The molecule has 158 valence electrons. The van der Waals surface area contributed by atoms with E-state index in [2.05, 4.69) is 34.1 Å². The van der Waals surface area contributed by atoms with E-state index in [-0.39, 0.29) is 17.5 Å². The van der Waals surface area contributed by atoms with Crippen molar-refractivity contribution in [1.29, 1.82) is 0 Å². The number of hydrogen-bond donors (Lipinski definition) is 1. The lowest BCUT2D eigenvalue weighted by molar-refractivity contribution is 0.0938. The van der Waals surface area contributed by atoms with Gasteiger partial charge >= 0.3 is 0 Å². The molecule has 0 aliphatic carbocycles. The number of nitrogens with one attached hydrogen (secondary N) is 1. The highest BCUT2D eigenvalue weighted by molar-refractivity contribution is 5.94. The fourth-order valence-electron chi connectivity index (χ4n) is 3.54. The van der Waals surface area contributed by atoms with Gasteiger partial charge in [-0.3, -0.25) is 14.0 Å². The van der Waals surface area contributed by atoms with Crippen LogP contribution >= 0.6 is 0 Å². The Balaban J connectivity index is 1.57. The topological polar surface area (TPSA) is 89.2 Å². The van der Waals surface area contributed by atoms with E-state index in [0.717, 1.165) is 24.0 Å². The molecule has 0 fully saturated rings. The molecule has 4 aromatic rings. The minimum Gasteiger partial charge on any atom is -0.350 e. The second-order valence-electron chi connectivity index (χ2n) is 8.15. The number of rotatable bonds is 6. The van der Waals surface area contributed by atoms with Crippen molar-refractivity contribution in [2.24, 2.45) is 0 Å². The smallest absolute Gasteiger partial charge is 0.265 e. The molecule has 0 spiro atoms. The average molecular weight is 415 g/mol. The van der Waals surface area contributed by atoms with Crippen LogP contribution in [0.3, 0.4) is 0 Å². The number of aromatic nitrogens is 4. The summed E-state index contributed by atoms with van der Waals surface area (Å²) in [5.74, 6) is 0.0900. The SMILES string of the molecule is CC(CCc1cncnc1)NC(=O)c1ccc2nc3ccc(C(C)C)cc3c(=O)n2c1. The number of fused-ring (bicyclic) bond motifs is 2. The number of amides is 1. The highest BCUT2D eigenvalue weighted by Gasteiger charge is 2.13. The molecular formula is C24H25N5O2. The van der Waals surface area contributed by atoms with Crippen LogP contribution in [0.1, 0.15) is 54.6 Å². The molecule has 1 atom stereocenters. The van der Waals surface area contributed by atoms with E-state index >= 15 is 0 Å². The maximum absolute atomic E-state index is 13.1. The van der Waals surface area contributed by atoms with Gasteiger partial charge in [0, 0.05) is 24.6 Å². The van der Waals surface area contributed by atoms with Crippen LogP contribution in [0.5, 0.6) is 0 Å². The maximum Gasteiger partial charge on any atom is 0.265 e. The molecule has 1 aromatic carbocycles. The predicted molar refractivity (Wildman–Crippen MR) is 120 cm³/mol. The molecule has 0 radical (unpaired) electrons. The molecule has 3 aromatic heterocycles. The van der Waals surface area contributed by atoms with Crippen molar-refractivity contribution in [2.75, 3.05) is 0 Å². The van der Waals surface area contributed by atoms with Gasteiger partial charge in [0.25, 0.3) is 11.5 Å². The van der Waals surface area contributed by atoms with Crippen molar-refractivity contribution in [2.45, 2.75) is 45.6 Å². The van der Waals surface area contributed by atoms with Crippen molar-refractivity contribution < 1.29 is 4.79 Å². The molecule has 1 N–H and O–H groups in total. The summed E-state index contributed by atoms with van der Waals surface area (Å²) in [7, 11) is 0. The van der Waals surface area contributed by atoms with Crippen molar-refractivity contribution >= 4 is 22.5 Å². The third-order valence-corrected chi connectivity index (χ3v) is 5.42. The fraction of sp³-hybridized carbons (Fsp3) is 0.292. The Morgan fingerprint density at radius 1 is 1.10 bits per heavy atom. The van der Waals surface area contributed by atoms with Gasteiger partial charge in [0.1, 0.15) is 12.0 Å². The first-order chi connectivity index (χ1) is 14.9. The van der Waals surface area contributed by atoms with Gasteiger partial charge in [-0.15, -0.1) is 0 Å². The second-order valence-corrected chi connectivity index (χ2v) is 8.15. The lowest BCUT2D eigenvalue weighted by Crippen LogP contribution is -2.33. The number of carbonyl (C=O) groups is 1. The summed E-state index contributed by atoms with van der Waals surface area (Å²) in [5, 5.41) is 3.55. The standard InChI is InChI=1S/C24H25N5O2/c1-15(2)18-6-8-21-20(10-18)24(31)29-13-19(7-9-22(29)28-21)23(30)27-16(3)4-5-17-11-25-14-26-12-17/h6-16H,4-5H2,1-3H3,(H,27,30). The molecule has 4 rings (SSSR count).